The van der Waals surface area contributed by atoms with Crippen molar-refractivity contribution in [1.29, 1.82) is 0 Å². The lowest BCUT2D eigenvalue weighted by Crippen LogP contribution is -2.71. The van der Waals surface area contributed by atoms with E-state index in [2.05, 4.69) is 0 Å². The maximum absolute atomic E-state index is 12.4. The maximum atomic E-state index is 12.4. The van der Waals surface area contributed by atoms with Crippen LogP contribution < -0.4 is 0 Å². The Morgan fingerprint density at radius 3 is 2.42 bits per heavy atom. The zero-order valence-corrected chi connectivity index (χ0v) is 14.5. The first-order valence-electron chi connectivity index (χ1n) is 9.30. The molecule has 4 rings (SSSR count). The molecule has 134 valence electrons. The molecule has 0 bridgehead atoms. The second kappa shape index (κ2) is 4.89. The van der Waals surface area contributed by atoms with Gasteiger partial charge in [0.1, 0.15) is 17.5 Å². The lowest BCUT2D eigenvalue weighted by Gasteiger charge is -2.64. The number of aliphatic hydroxyl groups is 3. The summed E-state index contributed by atoms with van der Waals surface area (Å²) in [6, 6.07) is 0. The molecule has 0 radical (unpaired) electrons. The van der Waals surface area contributed by atoms with Crippen molar-refractivity contribution in [2.24, 2.45) is 28.6 Å². The number of hydrogen-bond donors (Lipinski definition) is 3. The van der Waals surface area contributed by atoms with Gasteiger partial charge >= 0.3 is 0 Å². The highest BCUT2D eigenvalue weighted by Crippen LogP contribution is 2.66. The number of fused-ring (bicyclic) bond motifs is 5. The molecule has 0 heterocycles. The third kappa shape index (κ3) is 1.76. The van der Waals surface area contributed by atoms with Gasteiger partial charge in [-0.15, -0.1) is 0 Å². The highest BCUT2D eigenvalue weighted by atomic mass is 16.4. The van der Waals surface area contributed by atoms with Crippen LogP contribution >= 0.6 is 0 Å². The Hall–Kier alpha value is -0.780. The fourth-order valence-corrected chi connectivity index (χ4v) is 6.87. The molecule has 0 aliphatic heterocycles. The van der Waals surface area contributed by atoms with Crippen LogP contribution in [0.15, 0.2) is 0 Å². The highest BCUT2D eigenvalue weighted by Gasteiger charge is 2.69. The first kappa shape index (κ1) is 16.7. The molecule has 0 amide bonds. The van der Waals surface area contributed by atoms with Crippen LogP contribution in [0.4, 0.5) is 0 Å². The van der Waals surface area contributed by atoms with E-state index in [1.165, 1.54) is 0 Å². The SMILES string of the molecule is C[C@]12CC[C@H]3[C@@H]([C@H](O)C[C@@]4(O)[C@H](O)C(=O)CC[C@]34C)[C@@H]1CCC2=O. The number of carbonyl (C=O) groups excluding carboxylic acids is 2. The summed E-state index contributed by atoms with van der Waals surface area (Å²) in [4.78, 5) is 24.4. The van der Waals surface area contributed by atoms with Crippen molar-refractivity contribution < 1.29 is 24.9 Å². The topological polar surface area (TPSA) is 94.8 Å². The van der Waals surface area contributed by atoms with Gasteiger partial charge in [-0.2, -0.15) is 0 Å². The third-order valence-electron chi connectivity index (χ3n) is 8.46. The summed E-state index contributed by atoms with van der Waals surface area (Å²) in [6.07, 6.45) is 1.60. The third-order valence-corrected chi connectivity index (χ3v) is 8.46. The number of rotatable bonds is 0. The van der Waals surface area contributed by atoms with E-state index in [-0.39, 0.29) is 41.8 Å². The van der Waals surface area contributed by atoms with E-state index in [0.29, 0.717) is 18.6 Å². The quantitative estimate of drug-likeness (QED) is 0.618. The van der Waals surface area contributed by atoms with Crippen molar-refractivity contribution in [2.75, 3.05) is 0 Å². The molecule has 24 heavy (non-hydrogen) atoms. The van der Waals surface area contributed by atoms with E-state index in [1.807, 2.05) is 13.8 Å². The van der Waals surface area contributed by atoms with Crippen LogP contribution in [-0.4, -0.2) is 44.7 Å². The summed E-state index contributed by atoms with van der Waals surface area (Å²) in [5.41, 5.74) is -2.49. The normalized spacial score (nSPS) is 57.3. The number of carbonyl (C=O) groups is 2. The van der Waals surface area contributed by atoms with Crippen LogP contribution in [0.25, 0.3) is 0 Å². The van der Waals surface area contributed by atoms with E-state index in [1.54, 1.807) is 0 Å². The predicted octanol–water partition coefficient (Wildman–Crippen LogP) is 1.22. The van der Waals surface area contributed by atoms with Gasteiger partial charge in [0.05, 0.1) is 6.10 Å². The number of hydrogen-bond acceptors (Lipinski definition) is 5. The van der Waals surface area contributed by atoms with Crippen molar-refractivity contribution >= 4 is 11.6 Å². The average molecular weight is 336 g/mol. The van der Waals surface area contributed by atoms with Gasteiger partial charge in [0.15, 0.2) is 5.78 Å². The van der Waals surface area contributed by atoms with Crippen molar-refractivity contribution in [2.45, 2.75) is 76.6 Å². The molecule has 3 N–H and O–H groups in total. The number of Topliss-reactive ketones (excluding diaryl/α,β-unsaturated/α-hetero) is 2. The average Bonchev–Trinajstić information content (AvgIpc) is 2.83. The molecule has 5 nitrogen and oxygen atoms in total. The molecule has 4 fully saturated rings. The van der Waals surface area contributed by atoms with Crippen molar-refractivity contribution in [3.8, 4) is 0 Å². The van der Waals surface area contributed by atoms with E-state index in [4.69, 9.17) is 0 Å². The van der Waals surface area contributed by atoms with E-state index in [0.717, 1.165) is 19.3 Å². The van der Waals surface area contributed by atoms with Crippen LogP contribution in [0.3, 0.4) is 0 Å². The summed E-state index contributed by atoms with van der Waals surface area (Å²) < 4.78 is 0. The lowest BCUT2D eigenvalue weighted by molar-refractivity contribution is -0.260. The number of aliphatic hydroxyl groups excluding tert-OH is 2. The molecule has 4 aliphatic rings. The molecule has 4 saturated carbocycles. The van der Waals surface area contributed by atoms with Crippen LogP contribution in [-0.2, 0) is 9.59 Å². The smallest absolute Gasteiger partial charge is 0.164 e. The standard InChI is InChI=1S/C19H28O5/c1-17-7-5-11-15(10(17)3-4-14(17)22)13(21)9-19(24)16(23)12(20)6-8-18(11,19)2/h10-11,13,15-16,21,23-24H,3-9H2,1-2H3/t10-,11-,13+,15-,16+,17-,18+,19+/m0/s1. The van der Waals surface area contributed by atoms with Crippen LogP contribution in [0.5, 0.6) is 0 Å². The molecule has 0 aromatic heterocycles. The zero-order chi connectivity index (χ0) is 17.5. The minimum Gasteiger partial charge on any atom is -0.393 e. The second-order valence-electron chi connectivity index (χ2n) is 9.19. The molecule has 0 spiro atoms. The second-order valence-corrected chi connectivity index (χ2v) is 9.19. The fraction of sp³-hybridized carbons (Fsp3) is 0.895. The summed E-state index contributed by atoms with van der Waals surface area (Å²) >= 11 is 0. The summed E-state index contributed by atoms with van der Waals surface area (Å²) in [5.74, 6) is 0.147. The van der Waals surface area contributed by atoms with E-state index in [9.17, 15) is 24.9 Å². The molecule has 4 aliphatic carbocycles. The zero-order valence-electron chi connectivity index (χ0n) is 14.5. The van der Waals surface area contributed by atoms with Gasteiger partial charge in [-0.05, 0) is 43.4 Å². The first-order chi connectivity index (χ1) is 11.1. The maximum Gasteiger partial charge on any atom is 0.164 e. The number of ketones is 2. The highest BCUT2D eigenvalue weighted by molar-refractivity contribution is 5.87. The van der Waals surface area contributed by atoms with Gasteiger partial charge in [-0.3, -0.25) is 9.59 Å². The molecule has 0 aromatic carbocycles. The van der Waals surface area contributed by atoms with E-state index < -0.39 is 23.2 Å². The summed E-state index contributed by atoms with van der Waals surface area (Å²) in [6.45, 7) is 4.02. The van der Waals surface area contributed by atoms with Crippen LogP contribution in [0, 0.1) is 28.6 Å². The molecule has 0 aromatic rings. The Labute approximate surface area is 142 Å². The van der Waals surface area contributed by atoms with Crippen molar-refractivity contribution in [3.63, 3.8) is 0 Å². The molecular formula is C19H28O5. The van der Waals surface area contributed by atoms with Crippen LogP contribution in [0.1, 0.15) is 58.8 Å². The van der Waals surface area contributed by atoms with Gasteiger partial charge in [0.25, 0.3) is 0 Å². The van der Waals surface area contributed by atoms with Gasteiger partial charge in [0.2, 0.25) is 0 Å². The summed E-state index contributed by atoms with van der Waals surface area (Å²) in [7, 11) is 0. The van der Waals surface area contributed by atoms with Crippen LogP contribution in [0.2, 0.25) is 0 Å². The molecule has 5 heteroatoms. The Balaban J connectivity index is 1.77. The lowest BCUT2D eigenvalue weighted by atomic mass is 9.42. The van der Waals surface area contributed by atoms with Gasteiger partial charge in [-0.1, -0.05) is 13.8 Å². The molecule has 0 unspecified atom stereocenters. The predicted molar refractivity (Wildman–Crippen MR) is 86.0 cm³/mol. The molecular weight excluding hydrogens is 308 g/mol. The molecule has 0 saturated heterocycles. The minimum absolute atomic E-state index is 0.0261. The Bertz CT molecular complexity index is 603. The Kier molecular flexibility index (Phi) is 3.40. The monoisotopic (exact) mass is 336 g/mol. The Morgan fingerprint density at radius 1 is 1.00 bits per heavy atom. The van der Waals surface area contributed by atoms with Crippen molar-refractivity contribution in [3.05, 3.63) is 0 Å². The summed E-state index contributed by atoms with van der Waals surface area (Å²) in [5, 5.41) is 32.6. The minimum atomic E-state index is -1.56. The Morgan fingerprint density at radius 2 is 1.71 bits per heavy atom. The molecule has 8 atom stereocenters. The van der Waals surface area contributed by atoms with Gasteiger partial charge in [0, 0.05) is 30.1 Å². The first-order valence-corrected chi connectivity index (χ1v) is 9.30. The van der Waals surface area contributed by atoms with Gasteiger partial charge in [-0.25, -0.2) is 0 Å². The largest absolute Gasteiger partial charge is 0.393 e. The van der Waals surface area contributed by atoms with Crippen molar-refractivity contribution in [1.82, 2.24) is 0 Å². The van der Waals surface area contributed by atoms with E-state index >= 15 is 0 Å². The van der Waals surface area contributed by atoms with Gasteiger partial charge < -0.3 is 15.3 Å². The fourth-order valence-electron chi connectivity index (χ4n) is 6.87.